The van der Waals surface area contributed by atoms with E-state index in [0.717, 1.165) is 21.9 Å². The topological polar surface area (TPSA) is 84.9 Å². The minimum absolute atomic E-state index is 0.274. The molecule has 0 saturated heterocycles. The van der Waals surface area contributed by atoms with Crippen LogP contribution in [0.15, 0.2) is 48.5 Å². The molecule has 8 heteroatoms. The molecule has 29 heavy (non-hydrogen) atoms. The Kier molecular flexibility index (Phi) is 7.90. The van der Waals surface area contributed by atoms with Crippen molar-refractivity contribution in [3.8, 4) is 11.5 Å². The quantitative estimate of drug-likeness (QED) is 0.639. The summed E-state index contributed by atoms with van der Waals surface area (Å²) in [6.07, 6.45) is 1.42. The molecule has 0 aromatic heterocycles. The van der Waals surface area contributed by atoms with Gasteiger partial charge in [0.2, 0.25) is 15.9 Å². The van der Waals surface area contributed by atoms with E-state index < -0.39 is 16.1 Å². The van der Waals surface area contributed by atoms with E-state index in [1.807, 2.05) is 31.2 Å². The summed E-state index contributed by atoms with van der Waals surface area (Å²) in [4.78, 5) is 12.9. The molecule has 0 aliphatic carbocycles. The van der Waals surface area contributed by atoms with Gasteiger partial charge in [-0.15, -0.1) is 0 Å². The summed E-state index contributed by atoms with van der Waals surface area (Å²) in [6, 6.07) is 13.1. The second-order valence-electron chi connectivity index (χ2n) is 6.48. The molecule has 2 rings (SSSR count). The third-order valence-corrected chi connectivity index (χ3v) is 5.51. The zero-order chi connectivity index (χ0) is 21.4. The predicted molar refractivity (Wildman–Crippen MR) is 114 cm³/mol. The minimum Gasteiger partial charge on any atom is -0.497 e. The molecular formula is C21H28N2O5S. The lowest BCUT2D eigenvalue weighted by Crippen LogP contribution is -2.49. The van der Waals surface area contributed by atoms with E-state index in [2.05, 4.69) is 5.32 Å². The van der Waals surface area contributed by atoms with E-state index in [1.165, 1.54) is 7.11 Å². The van der Waals surface area contributed by atoms with Crippen LogP contribution in [0.2, 0.25) is 0 Å². The highest BCUT2D eigenvalue weighted by Gasteiger charge is 2.31. The van der Waals surface area contributed by atoms with Crippen LogP contribution < -0.4 is 19.1 Å². The minimum atomic E-state index is -3.68. The Balaban J connectivity index is 2.20. The molecule has 0 saturated carbocycles. The molecule has 1 atom stereocenters. The number of nitrogens with one attached hydrogen (secondary N) is 1. The SMILES string of the molecule is CCOc1cccc(CNC(=O)[C@@H](CC)N(c2ccc(OC)cc2)S(C)(=O)=O)c1. The van der Waals surface area contributed by atoms with Crippen LogP contribution in [-0.4, -0.2) is 40.3 Å². The summed E-state index contributed by atoms with van der Waals surface area (Å²) < 4.78 is 36.7. The number of hydrogen-bond donors (Lipinski definition) is 1. The predicted octanol–water partition coefficient (Wildman–Crippen LogP) is 2.95. The van der Waals surface area contributed by atoms with E-state index in [9.17, 15) is 13.2 Å². The molecule has 0 heterocycles. The van der Waals surface area contributed by atoms with Gasteiger partial charge in [-0.05, 0) is 55.3 Å². The third kappa shape index (κ3) is 6.12. The second kappa shape index (κ2) is 10.2. The molecule has 158 valence electrons. The lowest BCUT2D eigenvalue weighted by molar-refractivity contribution is -0.122. The van der Waals surface area contributed by atoms with Gasteiger partial charge in [0.25, 0.3) is 0 Å². The maximum atomic E-state index is 12.9. The first-order valence-electron chi connectivity index (χ1n) is 9.43. The van der Waals surface area contributed by atoms with Crippen molar-refractivity contribution in [1.29, 1.82) is 0 Å². The van der Waals surface area contributed by atoms with Gasteiger partial charge >= 0.3 is 0 Å². The van der Waals surface area contributed by atoms with Crippen molar-refractivity contribution in [2.45, 2.75) is 32.9 Å². The van der Waals surface area contributed by atoms with Crippen LogP contribution in [-0.2, 0) is 21.4 Å². The Morgan fingerprint density at radius 1 is 1.10 bits per heavy atom. The Morgan fingerprint density at radius 2 is 1.79 bits per heavy atom. The molecule has 1 N–H and O–H groups in total. The number of anilines is 1. The Labute approximate surface area is 172 Å². The smallest absolute Gasteiger partial charge is 0.244 e. The molecule has 2 aromatic carbocycles. The average Bonchev–Trinajstić information content (AvgIpc) is 2.70. The van der Waals surface area contributed by atoms with Gasteiger partial charge in [-0.25, -0.2) is 8.42 Å². The molecule has 0 radical (unpaired) electrons. The van der Waals surface area contributed by atoms with Crippen molar-refractivity contribution in [3.63, 3.8) is 0 Å². The summed E-state index contributed by atoms with van der Waals surface area (Å²) in [6.45, 7) is 4.51. The number of methoxy groups -OCH3 is 1. The number of hydrogen-bond acceptors (Lipinski definition) is 5. The Bertz CT molecular complexity index is 913. The number of nitrogens with zero attached hydrogens (tertiary/aromatic N) is 1. The monoisotopic (exact) mass is 420 g/mol. The number of amides is 1. The molecular weight excluding hydrogens is 392 g/mol. The van der Waals surface area contributed by atoms with Crippen LogP contribution in [0.1, 0.15) is 25.8 Å². The normalized spacial score (nSPS) is 12.1. The maximum Gasteiger partial charge on any atom is 0.244 e. The first kappa shape index (κ1) is 22.5. The number of rotatable bonds is 10. The number of carbonyl (C=O) groups is 1. The van der Waals surface area contributed by atoms with Gasteiger partial charge in [-0.1, -0.05) is 19.1 Å². The fourth-order valence-electron chi connectivity index (χ4n) is 3.01. The van der Waals surface area contributed by atoms with E-state index in [0.29, 0.717) is 24.5 Å². The van der Waals surface area contributed by atoms with Gasteiger partial charge in [-0.3, -0.25) is 9.10 Å². The number of sulfonamides is 1. The van der Waals surface area contributed by atoms with E-state index >= 15 is 0 Å². The Morgan fingerprint density at radius 3 is 2.34 bits per heavy atom. The van der Waals surface area contributed by atoms with Crippen molar-refractivity contribution in [1.82, 2.24) is 5.32 Å². The van der Waals surface area contributed by atoms with E-state index in [1.54, 1.807) is 31.2 Å². The highest BCUT2D eigenvalue weighted by Crippen LogP contribution is 2.25. The lowest BCUT2D eigenvalue weighted by atomic mass is 10.1. The van der Waals surface area contributed by atoms with Gasteiger partial charge in [0, 0.05) is 6.54 Å². The van der Waals surface area contributed by atoms with Crippen LogP contribution in [0.25, 0.3) is 0 Å². The fourth-order valence-corrected chi connectivity index (χ4v) is 4.22. The molecule has 0 spiro atoms. The first-order chi connectivity index (χ1) is 13.8. The highest BCUT2D eigenvalue weighted by atomic mass is 32.2. The number of carbonyl (C=O) groups excluding carboxylic acids is 1. The average molecular weight is 421 g/mol. The molecule has 0 fully saturated rings. The van der Waals surface area contributed by atoms with Crippen molar-refractivity contribution < 1.29 is 22.7 Å². The van der Waals surface area contributed by atoms with Crippen molar-refractivity contribution in [2.75, 3.05) is 24.3 Å². The molecule has 0 aliphatic heterocycles. The summed E-state index contributed by atoms with van der Waals surface area (Å²) >= 11 is 0. The van der Waals surface area contributed by atoms with Gasteiger partial charge in [-0.2, -0.15) is 0 Å². The van der Waals surface area contributed by atoms with Gasteiger partial charge < -0.3 is 14.8 Å². The second-order valence-corrected chi connectivity index (χ2v) is 8.34. The molecule has 0 unspecified atom stereocenters. The maximum absolute atomic E-state index is 12.9. The van der Waals surface area contributed by atoms with E-state index in [4.69, 9.17) is 9.47 Å². The third-order valence-electron chi connectivity index (χ3n) is 4.33. The summed E-state index contributed by atoms with van der Waals surface area (Å²) in [5.74, 6) is 0.965. The van der Waals surface area contributed by atoms with Gasteiger partial charge in [0.15, 0.2) is 0 Å². The Hall–Kier alpha value is -2.74. The highest BCUT2D eigenvalue weighted by molar-refractivity contribution is 7.92. The molecule has 2 aromatic rings. The zero-order valence-corrected chi connectivity index (χ0v) is 18.0. The van der Waals surface area contributed by atoms with Crippen LogP contribution in [0.5, 0.6) is 11.5 Å². The van der Waals surface area contributed by atoms with Crippen LogP contribution >= 0.6 is 0 Å². The zero-order valence-electron chi connectivity index (χ0n) is 17.2. The summed E-state index contributed by atoms with van der Waals surface area (Å²) in [7, 11) is -2.15. The van der Waals surface area contributed by atoms with Crippen molar-refractivity contribution in [3.05, 3.63) is 54.1 Å². The van der Waals surface area contributed by atoms with Crippen molar-refractivity contribution >= 4 is 21.6 Å². The van der Waals surface area contributed by atoms with Crippen molar-refractivity contribution in [2.24, 2.45) is 0 Å². The van der Waals surface area contributed by atoms with Gasteiger partial charge in [0.05, 0.1) is 25.7 Å². The summed E-state index contributed by atoms with van der Waals surface area (Å²) in [5, 5.41) is 2.84. The first-order valence-corrected chi connectivity index (χ1v) is 11.3. The van der Waals surface area contributed by atoms with Crippen LogP contribution in [0.4, 0.5) is 5.69 Å². The van der Waals surface area contributed by atoms with Crippen LogP contribution in [0.3, 0.4) is 0 Å². The standard InChI is InChI=1S/C21H28N2O5S/c1-5-20(21(24)22-15-16-8-7-9-19(14-16)28-6-2)23(29(4,25)26)17-10-12-18(27-3)13-11-17/h7-14,20H,5-6,15H2,1-4H3,(H,22,24)/t20-/m1/s1. The molecule has 1 amide bonds. The van der Waals surface area contributed by atoms with Crippen LogP contribution in [0, 0.1) is 0 Å². The van der Waals surface area contributed by atoms with Gasteiger partial charge in [0.1, 0.15) is 17.5 Å². The summed E-state index contributed by atoms with van der Waals surface area (Å²) in [5.41, 5.74) is 1.28. The molecule has 0 aliphatic rings. The number of ether oxygens (including phenoxy) is 2. The molecule has 0 bridgehead atoms. The fraction of sp³-hybridized carbons (Fsp3) is 0.381. The lowest BCUT2D eigenvalue weighted by Gasteiger charge is -2.30. The number of benzene rings is 2. The largest absolute Gasteiger partial charge is 0.497 e. The van der Waals surface area contributed by atoms with E-state index in [-0.39, 0.29) is 12.5 Å². The molecule has 7 nitrogen and oxygen atoms in total.